The van der Waals surface area contributed by atoms with Crippen molar-refractivity contribution in [1.29, 1.82) is 0 Å². The van der Waals surface area contributed by atoms with Gasteiger partial charge < -0.3 is 10.5 Å². The molecule has 3 aromatic rings. The Hall–Kier alpha value is -2.37. The largest absolute Gasteiger partial charge is 0.484 e. The molecule has 3 rings (SSSR count). The number of hydrogen-bond acceptors (Lipinski definition) is 4. The fourth-order valence-electron chi connectivity index (χ4n) is 2.45. The van der Waals surface area contributed by atoms with Gasteiger partial charge in [0.15, 0.2) is 0 Å². The second-order valence-corrected chi connectivity index (χ2v) is 6.15. The normalized spacial score (nSPS) is 12.0. The molecule has 2 heterocycles. The number of pyridine rings is 2. The molecule has 0 amide bonds. The molecule has 0 saturated heterocycles. The van der Waals surface area contributed by atoms with Gasteiger partial charge in [-0.25, -0.2) is 4.39 Å². The minimum atomic E-state index is -0.575. The van der Waals surface area contributed by atoms with Crippen LogP contribution in [0.2, 0.25) is 10.0 Å². The molecule has 1 atom stereocenters. The van der Waals surface area contributed by atoms with Gasteiger partial charge in [0.2, 0.25) is 0 Å². The average Bonchev–Trinajstić information content (AvgIpc) is 2.59. The summed E-state index contributed by atoms with van der Waals surface area (Å²) < 4.78 is 19.6. The van der Waals surface area contributed by atoms with Crippen molar-refractivity contribution in [2.45, 2.75) is 13.0 Å². The Bertz CT molecular complexity index is 921. The van der Waals surface area contributed by atoms with E-state index in [1.807, 2.05) is 0 Å². The molecule has 2 N–H and O–H groups in total. The predicted octanol–water partition coefficient (Wildman–Crippen LogP) is 5.31. The molecule has 0 fully saturated rings. The number of anilines is 1. The topological polar surface area (TPSA) is 61.0 Å². The van der Waals surface area contributed by atoms with Gasteiger partial charge in [0.05, 0.1) is 22.6 Å². The zero-order valence-corrected chi connectivity index (χ0v) is 14.7. The lowest BCUT2D eigenvalue weighted by Gasteiger charge is -2.18. The Balaban J connectivity index is 1.91. The van der Waals surface area contributed by atoms with Crippen molar-refractivity contribution < 1.29 is 9.13 Å². The third kappa shape index (κ3) is 3.67. The second-order valence-electron chi connectivity index (χ2n) is 5.37. The predicted molar refractivity (Wildman–Crippen MR) is 97.3 cm³/mol. The Labute approximate surface area is 154 Å². The third-order valence-electron chi connectivity index (χ3n) is 3.62. The Morgan fingerprint density at radius 1 is 1.20 bits per heavy atom. The number of hydrogen-bond donors (Lipinski definition) is 1. The highest BCUT2D eigenvalue weighted by Crippen LogP contribution is 2.35. The van der Waals surface area contributed by atoms with E-state index in [0.717, 1.165) is 0 Å². The summed E-state index contributed by atoms with van der Waals surface area (Å²) in [5.74, 6) is -0.0869. The van der Waals surface area contributed by atoms with E-state index in [4.69, 9.17) is 33.7 Å². The molecular weight excluding hydrogens is 364 g/mol. The molecule has 4 nitrogen and oxygen atoms in total. The van der Waals surface area contributed by atoms with Gasteiger partial charge in [-0.3, -0.25) is 9.97 Å². The maximum atomic E-state index is 13.7. The molecule has 0 bridgehead atoms. The van der Waals surface area contributed by atoms with Crippen LogP contribution in [-0.4, -0.2) is 9.97 Å². The molecular formula is C18H14Cl2FN3O. The molecule has 0 spiro atoms. The number of benzene rings is 1. The van der Waals surface area contributed by atoms with Gasteiger partial charge in [-0.1, -0.05) is 23.2 Å². The number of rotatable bonds is 4. The minimum Gasteiger partial charge on any atom is -0.484 e. The van der Waals surface area contributed by atoms with Crippen molar-refractivity contribution in [3.05, 3.63) is 70.3 Å². The van der Waals surface area contributed by atoms with Crippen molar-refractivity contribution in [3.63, 3.8) is 0 Å². The number of ether oxygens (including phenoxy) is 1. The maximum Gasteiger partial charge on any atom is 0.142 e. The lowest BCUT2D eigenvalue weighted by atomic mass is 10.1. The average molecular weight is 378 g/mol. The molecule has 0 aliphatic carbocycles. The lowest BCUT2D eigenvalue weighted by Crippen LogP contribution is -2.06. The molecule has 0 aliphatic rings. The molecule has 25 heavy (non-hydrogen) atoms. The maximum absolute atomic E-state index is 13.7. The highest BCUT2D eigenvalue weighted by Gasteiger charge is 2.19. The molecule has 0 radical (unpaired) electrons. The first-order valence-electron chi connectivity index (χ1n) is 7.43. The van der Waals surface area contributed by atoms with Gasteiger partial charge in [-0.15, -0.1) is 0 Å². The van der Waals surface area contributed by atoms with Crippen LogP contribution in [0.4, 0.5) is 10.1 Å². The standard InChI is InChI=1S/C18H14Cl2FN3O/c1-10(16-13(19)4-5-14(21)17(16)20)25-12-7-11(8-23-9-12)18-15(22)3-2-6-24-18/h2-10H,22H2,1H3. The van der Waals surface area contributed by atoms with Crippen molar-refractivity contribution >= 4 is 28.9 Å². The van der Waals surface area contributed by atoms with E-state index in [9.17, 15) is 4.39 Å². The van der Waals surface area contributed by atoms with Crippen LogP contribution in [0.5, 0.6) is 5.75 Å². The summed E-state index contributed by atoms with van der Waals surface area (Å²) >= 11 is 12.2. The zero-order chi connectivity index (χ0) is 18.0. The van der Waals surface area contributed by atoms with E-state index in [-0.39, 0.29) is 5.02 Å². The van der Waals surface area contributed by atoms with Gasteiger partial charge in [0, 0.05) is 28.5 Å². The van der Waals surface area contributed by atoms with Gasteiger partial charge in [0.1, 0.15) is 17.7 Å². The van der Waals surface area contributed by atoms with Gasteiger partial charge in [-0.05, 0) is 37.3 Å². The highest BCUT2D eigenvalue weighted by atomic mass is 35.5. The molecule has 1 unspecified atom stereocenters. The van der Waals surface area contributed by atoms with Crippen LogP contribution in [-0.2, 0) is 0 Å². The first-order chi connectivity index (χ1) is 12.0. The van der Waals surface area contributed by atoms with Crippen molar-refractivity contribution in [3.8, 4) is 17.0 Å². The van der Waals surface area contributed by atoms with Crippen LogP contribution in [0.1, 0.15) is 18.6 Å². The zero-order valence-electron chi connectivity index (χ0n) is 13.2. The van der Waals surface area contributed by atoms with E-state index in [2.05, 4.69) is 9.97 Å². The molecule has 2 aromatic heterocycles. The van der Waals surface area contributed by atoms with Crippen molar-refractivity contribution in [2.75, 3.05) is 5.73 Å². The first kappa shape index (κ1) is 17.5. The molecule has 1 aromatic carbocycles. The second kappa shape index (κ2) is 7.25. The quantitative estimate of drug-likeness (QED) is 0.625. The van der Waals surface area contributed by atoms with E-state index in [1.165, 1.54) is 12.1 Å². The smallest absolute Gasteiger partial charge is 0.142 e. The monoisotopic (exact) mass is 377 g/mol. The van der Waals surface area contributed by atoms with E-state index in [0.29, 0.717) is 33.3 Å². The first-order valence-corrected chi connectivity index (χ1v) is 8.19. The van der Waals surface area contributed by atoms with Crippen LogP contribution in [0.3, 0.4) is 0 Å². The number of aromatic nitrogens is 2. The SMILES string of the molecule is CC(Oc1cncc(-c2ncccc2N)c1)c1c(Cl)ccc(F)c1Cl. The van der Waals surface area contributed by atoms with Crippen LogP contribution >= 0.6 is 23.2 Å². The summed E-state index contributed by atoms with van der Waals surface area (Å²) in [6.45, 7) is 1.73. The Morgan fingerprint density at radius 3 is 2.76 bits per heavy atom. The van der Waals surface area contributed by atoms with Crippen LogP contribution in [0, 0.1) is 5.82 Å². The fourth-order valence-corrected chi connectivity index (χ4v) is 3.13. The summed E-state index contributed by atoms with van der Waals surface area (Å²) in [4.78, 5) is 8.41. The minimum absolute atomic E-state index is 0.0573. The molecule has 0 aliphatic heterocycles. The van der Waals surface area contributed by atoms with Crippen LogP contribution in [0.15, 0.2) is 48.9 Å². The lowest BCUT2D eigenvalue weighted by molar-refractivity contribution is 0.226. The van der Waals surface area contributed by atoms with E-state index >= 15 is 0 Å². The third-order valence-corrected chi connectivity index (χ3v) is 4.34. The summed E-state index contributed by atoms with van der Waals surface area (Å²) in [7, 11) is 0. The van der Waals surface area contributed by atoms with E-state index < -0.39 is 11.9 Å². The molecule has 0 saturated carbocycles. The van der Waals surface area contributed by atoms with Crippen LogP contribution < -0.4 is 10.5 Å². The van der Waals surface area contributed by atoms with Crippen LogP contribution in [0.25, 0.3) is 11.3 Å². The van der Waals surface area contributed by atoms with Gasteiger partial charge in [-0.2, -0.15) is 0 Å². The summed E-state index contributed by atoms with van der Waals surface area (Å²) in [6.07, 6.45) is 4.25. The van der Waals surface area contributed by atoms with Gasteiger partial charge in [0.25, 0.3) is 0 Å². The number of nitrogens with two attached hydrogens (primary N) is 1. The highest BCUT2D eigenvalue weighted by molar-refractivity contribution is 6.36. The molecule has 7 heteroatoms. The van der Waals surface area contributed by atoms with Crippen molar-refractivity contribution in [2.24, 2.45) is 0 Å². The molecule has 128 valence electrons. The summed E-state index contributed by atoms with van der Waals surface area (Å²) in [5, 5.41) is 0.273. The van der Waals surface area contributed by atoms with Crippen molar-refractivity contribution in [1.82, 2.24) is 9.97 Å². The summed E-state index contributed by atoms with van der Waals surface area (Å²) in [5.41, 5.74) is 8.17. The number of nitrogen functional groups attached to an aromatic ring is 1. The number of halogens is 3. The van der Waals surface area contributed by atoms with Gasteiger partial charge >= 0.3 is 0 Å². The van der Waals surface area contributed by atoms with E-state index in [1.54, 1.807) is 43.7 Å². The Kier molecular flexibility index (Phi) is 5.06. The fraction of sp³-hybridized carbons (Fsp3) is 0.111. The summed E-state index contributed by atoms with van der Waals surface area (Å²) in [6, 6.07) is 7.92. The Morgan fingerprint density at radius 2 is 2.00 bits per heavy atom. The number of nitrogens with zero attached hydrogens (tertiary/aromatic N) is 2.